The molecule has 1 heterocycles. The van der Waals surface area contributed by atoms with Crippen molar-refractivity contribution in [1.29, 1.82) is 0 Å². The molecule has 0 fully saturated rings. The Morgan fingerprint density at radius 1 is 1.29 bits per heavy atom. The van der Waals surface area contributed by atoms with Gasteiger partial charge in [-0.3, -0.25) is 4.79 Å². The number of carbonyl (C=O) groups excluding carboxylic acids is 1. The van der Waals surface area contributed by atoms with Crippen LogP contribution in [0.1, 0.15) is 25.8 Å². The fraction of sp³-hybridized carbons (Fsp3) is 0.556. The van der Waals surface area contributed by atoms with Gasteiger partial charge in [0, 0.05) is 38.5 Å². The summed E-state index contributed by atoms with van der Waals surface area (Å²) >= 11 is 0. The van der Waals surface area contributed by atoms with Crippen LogP contribution in [0, 0.1) is 0 Å². The first-order chi connectivity index (χ1) is 11.8. The van der Waals surface area contributed by atoms with Gasteiger partial charge in [0.1, 0.15) is 6.54 Å². The van der Waals surface area contributed by atoms with E-state index in [1.165, 1.54) is 5.56 Å². The number of hydrogen-bond donors (Lipinski definition) is 2. The van der Waals surface area contributed by atoms with Crippen molar-refractivity contribution >= 4 is 17.6 Å². The molecule has 0 spiro atoms. The maximum Gasteiger partial charge on any atom is 0.248 e. The number of anilines is 1. The molecule has 0 saturated heterocycles. The number of aliphatic imine (C=N–C) groups is 1. The Hall–Kier alpha value is -2.08. The first kappa shape index (κ1) is 18.3. The van der Waals surface area contributed by atoms with Crippen LogP contribution in [0.15, 0.2) is 29.3 Å². The van der Waals surface area contributed by atoms with Gasteiger partial charge >= 0.3 is 0 Å². The fourth-order valence-corrected chi connectivity index (χ4v) is 2.70. The SMILES string of the molecule is CCNC(=NCC(=O)N1CCc2ccccc21)NCCCOCC. The van der Waals surface area contributed by atoms with Crippen molar-refractivity contribution in [1.82, 2.24) is 10.6 Å². The highest BCUT2D eigenvalue weighted by Crippen LogP contribution is 2.27. The minimum atomic E-state index is 0.0338. The predicted molar refractivity (Wildman–Crippen MR) is 97.6 cm³/mol. The van der Waals surface area contributed by atoms with Crippen molar-refractivity contribution in [3.8, 4) is 0 Å². The van der Waals surface area contributed by atoms with E-state index in [9.17, 15) is 4.79 Å². The van der Waals surface area contributed by atoms with Crippen molar-refractivity contribution in [2.45, 2.75) is 26.7 Å². The normalized spacial score (nSPS) is 13.8. The molecule has 0 aliphatic carbocycles. The number of para-hydroxylation sites is 1. The molecule has 0 radical (unpaired) electrons. The number of ether oxygens (including phenoxy) is 1. The number of amides is 1. The molecule has 1 aliphatic rings. The topological polar surface area (TPSA) is 66.0 Å². The summed E-state index contributed by atoms with van der Waals surface area (Å²) in [6.45, 7) is 7.88. The second-order valence-electron chi connectivity index (χ2n) is 5.60. The van der Waals surface area contributed by atoms with Gasteiger partial charge in [-0.1, -0.05) is 18.2 Å². The van der Waals surface area contributed by atoms with Gasteiger partial charge in [0.2, 0.25) is 5.91 Å². The number of nitrogens with one attached hydrogen (secondary N) is 2. The molecule has 0 atom stereocenters. The van der Waals surface area contributed by atoms with Gasteiger partial charge in [0.25, 0.3) is 0 Å². The molecule has 1 aliphatic heterocycles. The van der Waals surface area contributed by atoms with Gasteiger partial charge < -0.3 is 20.3 Å². The van der Waals surface area contributed by atoms with E-state index in [0.717, 1.165) is 51.4 Å². The van der Waals surface area contributed by atoms with Crippen molar-refractivity contribution in [2.24, 2.45) is 4.99 Å². The van der Waals surface area contributed by atoms with Crippen molar-refractivity contribution < 1.29 is 9.53 Å². The first-order valence-corrected chi connectivity index (χ1v) is 8.74. The largest absolute Gasteiger partial charge is 0.382 e. The summed E-state index contributed by atoms with van der Waals surface area (Å²) < 4.78 is 5.31. The van der Waals surface area contributed by atoms with Crippen LogP contribution < -0.4 is 15.5 Å². The highest BCUT2D eigenvalue weighted by Gasteiger charge is 2.23. The molecule has 6 nitrogen and oxygen atoms in total. The molecule has 6 heteroatoms. The molecule has 1 aromatic carbocycles. The molecule has 2 rings (SSSR count). The highest BCUT2D eigenvalue weighted by molar-refractivity contribution is 5.98. The third-order valence-corrected chi connectivity index (χ3v) is 3.87. The summed E-state index contributed by atoms with van der Waals surface area (Å²) in [5.41, 5.74) is 2.25. The summed E-state index contributed by atoms with van der Waals surface area (Å²) in [7, 11) is 0. The van der Waals surface area contributed by atoms with Crippen molar-refractivity contribution in [2.75, 3.05) is 44.3 Å². The number of hydrogen-bond acceptors (Lipinski definition) is 3. The molecule has 1 aromatic rings. The van der Waals surface area contributed by atoms with E-state index in [0.29, 0.717) is 5.96 Å². The molecule has 0 aromatic heterocycles. The zero-order chi connectivity index (χ0) is 17.2. The Bertz CT molecular complexity index is 560. The zero-order valence-corrected chi connectivity index (χ0v) is 14.7. The number of benzene rings is 1. The van der Waals surface area contributed by atoms with Gasteiger partial charge in [-0.15, -0.1) is 0 Å². The molecular weight excluding hydrogens is 304 g/mol. The predicted octanol–water partition coefficient (Wildman–Crippen LogP) is 1.56. The van der Waals surface area contributed by atoms with Gasteiger partial charge in [-0.25, -0.2) is 4.99 Å². The Kier molecular flexibility index (Phi) is 7.55. The lowest BCUT2D eigenvalue weighted by Gasteiger charge is -2.17. The summed E-state index contributed by atoms with van der Waals surface area (Å²) in [5.74, 6) is 0.710. The van der Waals surface area contributed by atoms with E-state index in [4.69, 9.17) is 4.74 Å². The quantitative estimate of drug-likeness (QED) is 0.431. The van der Waals surface area contributed by atoms with Crippen LogP contribution in [0.4, 0.5) is 5.69 Å². The summed E-state index contributed by atoms with van der Waals surface area (Å²) in [5, 5.41) is 6.40. The number of nitrogens with zero attached hydrogens (tertiary/aromatic N) is 2. The Morgan fingerprint density at radius 3 is 2.92 bits per heavy atom. The van der Waals surface area contributed by atoms with Crippen LogP contribution in [0.3, 0.4) is 0 Å². The molecule has 132 valence electrons. The fourth-order valence-electron chi connectivity index (χ4n) is 2.70. The third kappa shape index (κ3) is 5.23. The summed E-state index contributed by atoms with van der Waals surface area (Å²) in [6, 6.07) is 8.06. The van der Waals surface area contributed by atoms with Crippen LogP contribution in [0.25, 0.3) is 0 Å². The molecule has 0 saturated carbocycles. The highest BCUT2D eigenvalue weighted by atomic mass is 16.5. The second-order valence-corrected chi connectivity index (χ2v) is 5.60. The van der Waals surface area contributed by atoms with Gasteiger partial charge in [0.15, 0.2) is 5.96 Å². The lowest BCUT2D eigenvalue weighted by Crippen LogP contribution is -2.39. The number of carbonyl (C=O) groups is 1. The summed E-state index contributed by atoms with van der Waals surface area (Å²) in [6.07, 6.45) is 1.83. The minimum absolute atomic E-state index is 0.0338. The second kappa shape index (κ2) is 9.93. The van der Waals surface area contributed by atoms with Crippen molar-refractivity contribution in [3.63, 3.8) is 0 Å². The molecule has 2 N–H and O–H groups in total. The van der Waals surface area contributed by atoms with Gasteiger partial charge in [0.05, 0.1) is 0 Å². The average molecular weight is 332 g/mol. The standard InChI is InChI=1S/C18H28N4O2/c1-3-19-18(20-11-7-13-24-4-2)21-14-17(23)22-12-10-15-8-5-6-9-16(15)22/h5-6,8-9H,3-4,7,10-14H2,1-2H3,(H2,19,20,21). The first-order valence-electron chi connectivity index (χ1n) is 8.74. The van der Waals surface area contributed by atoms with Crippen LogP contribution in [0.5, 0.6) is 0 Å². The van der Waals surface area contributed by atoms with Gasteiger partial charge in [-0.05, 0) is 38.3 Å². The van der Waals surface area contributed by atoms with Crippen molar-refractivity contribution in [3.05, 3.63) is 29.8 Å². The third-order valence-electron chi connectivity index (χ3n) is 3.87. The molecule has 24 heavy (non-hydrogen) atoms. The van der Waals surface area contributed by atoms with E-state index < -0.39 is 0 Å². The molecule has 1 amide bonds. The minimum Gasteiger partial charge on any atom is -0.382 e. The van der Waals surface area contributed by atoms with E-state index in [1.54, 1.807) is 0 Å². The Labute approximate surface area is 144 Å². The van der Waals surface area contributed by atoms with E-state index in [1.807, 2.05) is 36.9 Å². The maximum atomic E-state index is 12.5. The average Bonchev–Trinajstić information content (AvgIpc) is 3.03. The zero-order valence-electron chi connectivity index (χ0n) is 14.7. The molecular formula is C18H28N4O2. The molecule has 0 unspecified atom stereocenters. The van der Waals surface area contributed by atoms with Crippen LogP contribution in [-0.2, 0) is 16.0 Å². The van der Waals surface area contributed by atoms with Crippen LogP contribution in [0.2, 0.25) is 0 Å². The van der Waals surface area contributed by atoms with Gasteiger partial charge in [-0.2, -0.15) is 0 Å². The number of guanidine groups is 1. The lowest BCUT2D eigenvalue weighted by molar-refractivity contribution is -0.117. The monoisotopic (exact) mass is 332 g/mol. The van der Waals surface area contributed by atoms with Crippen LogP contribution >= 0.6 is 0 Å². The maximum absolute atomic E-state index is 12.5. The summed E-state index contributed by atoms with van der Waals surface area (Å²) in [4.78, 5) is 18.7. The number of rotatable bonds is 8. The Balaban J connectivity index is 1.85. The van der Waals surface area contributed by atoms with E-state index in [-0.39, 0.29) is 12.5 Å². The molecule has 0 bridgehead atoms. The number of fused-ring (bicyclic) bond motifs is 1. The van der Waals surface area contributed by atoms with E-state index in [2.05, 4.69) is 21.7 Å². The van der Waals surface area contributed by atoms with E-state index >= 15 is 0 Å². The Morgan fingerprint density at radius 2 is 2.12 bits per heavy atom. The lowest BCUT2D eigenvalue weighted by atomic mass is 10.2. The smallest absolute Gasteiger partial charge is 0.248 e. The van der Waals surface area contributed by atoms with Crippen LogP contribution in [-0.4, -0.2) is 51.3 Å².